The van der Waals surface area contributed by atoms with Crippen LogP contribution in [0.25, 0.3) is 11.1 Å². The van der Waals surface area contributed by atoms with Crippen molar-refractivity contribution in [3.8, 4) is 11.1 Å². The first-order valence-electron chi connectivity index (χ1n) is 6.47. The predicted molar refractivity (Wildman–Crippen MR) is 95.2 cm³/mol. The predicted octanol–water partition coefficient (Wildman–Crippen LogP) is 5.56. The van der Waals surface area contributed by atoms with Crippen molar-refractivity contribution >= 4 is 46.4 Å². The van der Waals surface area contributed by atoms with E-state index in [0.717, 1.165) is 22.5 Å². The van der Waals surface area contributed by atoms with Gasteiger partial charge in [0.05, 0.1) is 17.6 Å². The van der Waals surface area contributed by atoms with Crippen LogP contribution < -0.4 is 5.43 Å². The normalized spacial score (nSPS) is 11.0. The van der Waals surface area contributed by atoms with Crippen molar-refractivity contribution in [2.24, 2.45) is 5.10 Å². The third kappa shape index (κ3) is 3.47. The summed E-state index contributed by atoms with van der Waals surface area (Å²) in [6.45, 7) is 0. The van der Waals surface area contributed by atoms with Crippen molar-refractivity contribution in [3.63, 3.8) is 0 Å². The first kappa shape index (κ1) is 15.0. The number of hydrazone groups is 1. The van der Waals surface area contributed by atoms with E-state index in [2.05, 4.69) is 15.5 Å². The highest BCUT2D eigenvalue weighted by atomic mass is 35.5. The lowest BCUT2D eigenvalue weighted by atomic mass is 10.1. The van der Waals surface area contributed by atoms with Gasteiger partial charge in [0.1, 0.15) is 4.34 Å². The molecule has 0 aliphatic heterocycles. The summed E-state index contributed by atoms with van der Waals surface area (Å²) in [6, 6.07) is 13.2. The summed E-state index contributed by atoms with van der Waals surface area (Å²) in [5.74, 6) is 0. The maximum Gasteiger partial charge on any atom is 0.103 e. The molecule has 3 aromatic rings. The molecule has 0 unspecified atom stereocenters. The number of hydrogen-bond donors (Lipinski definition) is 1. The van der Waals surface area contributed by atoms with Crippen LogP contribution in [0.15, 0.2) is 59.1 Å². The fourth-order valence-corrected chi connectivity index (χ4v) is 3.13. The molecule has 0 atom stereocenters. The van der Waals surface area contributed by atoms with Gasteiger partial charge >= 0.3 is 0 Å². The number of pyridine rings is 1. The first-order valence-corrected chi connectivity index (χ1v) is 8.10. The van der Waals surface area contributed by atoms with Crippen molar-refractivity contribution in [1.82, 2.24) is 4.98 Å². The van der Waals surface area contributed by atoms with Gasteiger partial charge in [-0.2, -0.15) is 5.10 Å². The average molecular weight is 348 g/mol. The lowest BCUT2D eigenvalue weighted by Crippen LogP contribution is -1.92. The summed E-state index contributed by atoms with van der Waals surface area (Å²) < 4.78 is 0.706. The summed E-state index contributed by atoms with van der Waals surface area (Å²) in [5.41, 5.74) is 6.56. The van der Waals surface area contributed by atoms with Crippen LogP contribution >= 0.6 is 34.5 Å². The van der Waals surface area contributed by atoms with Crippen LogP contribution in [0.3, 0.4) is 0 Å². The summed E-state index contributed by atoms with van der Waals surface area (Å²) in [6.07, 6.45) is 3.39. The van der Waals surface area contributed by atoms with Crippen LogP contribution in [0, 0.1) is 0 Å². The van der Waals surface area contributed by atoms with E-state index in [1.165, 1.54) is 11.3 Å². The van der Waals surface area contributed by atoms with Crippen molar-refractivity contribution in [3.05, 3.63) is 69.1 Å². The van der Waals surface area contributed by atoms with Gasteiger partial charge in [-0.1, -0.05) is 41.4 Å². The van der Waals surface area contributed by atoms with Gasteiger partial charge in [-0.05, 0) is 29.8 Å². The fourth-order valence-electron chi connectivity index (χ4n) is 1.92. The Balaban J connectivity index is 1.83. The van der Waals surface area contributed by atoms with Gasteiger partial charge in [-0.25, -0.2) is 0 Å². The number of hydrogen-bond acceptors (Lipinski definition) is 4. The zero-order valence-electron chi connectivity index (χ0n) is 11.3. The highest BCUT2D eigenvalue weighted by molar-refractivity contribution is 7.15. The number of nitrogens with zero attached hydrogens (tertiary/aromatic N) is 2. The Morgan fingerprint density at radius 1 is 1.09 bits per heavy atom. The second kappa shape index (κ2) is 6.92. The number of rotatable bonds is 4. The number of nitrogens with one attached hydrogen (secondary N) is 1. The van der Waals surface area contributed by atoms with E-state index in [-0.39, 0.29) is 0 Å². The van der Waals surface area contributed by atoms with Crippen LogP contribution in [0.1, 0.15) is 5.69 Å². The first-order chi connectivity index (χ1) is 10.7. The monoisotopic (exact) mass is 347 g/mol. The minimum absolute atomic E-state index is 0.692. The van der Waals surface area contributed by atoms with E-state index >= 15 is 0 Å². The van der Waals surface area contributed by atoms with E-state index in [4.69, 9.17) is 23.2 Å². The minimum atomic E-state index is 0.692. The zero-order valence-corrected chi connectivity index (χ0v) is 13.7. The van der Waals surface area contributed by atoms with Crippen LogP contribution in [0.5, 0.6) is 0 Å². The number of halogens is 2. The molecule has 0 saturated carbocycles. The maximum atomic E-state index is 6.30. The number of anilines is 1. The van der Waals surface area contributed by atoms with E-state index in [1.54, 1.807) is 12.4 Å². The van der Waals surface area contributed by atoms with Crippen molar-refractivity contribution in [2.75, 3.05) is 5.43 Å². The van der Waals surface area contributed by atoms with E-state index in [1.807, 2.05) is 47.8 Å². The Bertz CT molecular complexity index is 783. The topological polar surface area (TPSA) is 37.3 Å². The molecule has 0 amide bonds. The van der Waals surface area contributed by atoms with Gasteiger partial charge in [0.25, 0.3) is 0 Å². The molecule has 0 fully saturated rings. The van der Waals surface area contributed by atoms with E-state index in [0.29, 0.717) is 9.36 Å². The molecular formula is C16H11Cl2N3S. The second-order valence-corrected chi connectivity index (χ2v) is 6.35. The Morgan fingerprint density at radius 2 is 1.91 bits per heavy atom. The molecule has 0 aliphatic carbocycles. The van der Waals surface area contributed by atoms with Crippen molar-refractivity contribution in [1.29, 1.82) is 0 Å². The molecule has 3 nitrogen and oxygen atoms in total. The van der Waals surface area contributed by atoms with E-state index in [9.17, 15) is 0 Å². The smallest absolute Gasteiger partial charge is 0.103 e. The van der Waals surface area contributed by atoms with Crippen LogP contribution in [0.2, 0.25) is 9.36 Å². The molecule has 6 heteroatoms. The Labute approximate surface area is 142 Å². The molecule has 2 aromatic heterocycles. The third-order valence-electron chi connectivity index (χ3n) is 2.95. The molecule has 22 heavy (non-hydrogen) atoms. The quantitative estimate of drug-likeness (QED) is 0.495. The van der Waals surface area contributed by atoms with Gasteiger partial charge in [-0.15, -0.1) is 11.3 Å². The van der Waals surface area contributed by atoms with Gasteiger partial charge in [0, 0.05) is 22.2 Å². The van der Waals surface area contributed by atoms with Gasteiger partial charge in [0.15, 0.2) is 0 Å². The fraction of sp³-hybridized carbons (Fsp3) is 0. The molecule has 1 N–H and O–H groups in total. The second-order valence-electron chi connectivity index (χ2n) is 4.43. The summed E-state index contributed by atoms with van der Waals surface area (Å²) in [4.78, 5) is 4.18. The Morgan fingerprint density at radius 3 is 2.64 bits per heavy atom. The van der Waals surface area contributed by atoms with Crippen molar-refractivity contribution in [2.45, 2.75) is 0 Å². The molecule has 0 bridgehead atoms. The average Bonchev–Trinajstić information content (AvgIpc) is 2.90. The summed E-state index contributed by atoms with van der Waals surface area (Å²) >= 11 is 13.7. The largest absolute Gasteiger partial charge is 0.277 e. The van der Waals surface area contributed by atoms with Gasteiger partial charge < -0.3 is 0 Å². The lowest BCUT2D eigenvalue weighted by molar-refractivity contribution is 1.28. The lowest BCUT2D eigenvalue weighted by Gasteiger charge is -2.05. The molecule has 3 rings (SSSR count). The van der Waals surface area contributed by atoms with Crippen LogP contribution in [-0.2, 0) is 0 Å². The molecule has 110 valence electrons. The molecule has 1 aromatic carbocycles. The van der Waals surface area contributed by atoms with Crippen LogP contribution in [-0.4, -0.2) is 11.2 Å². The third-order valence-corrected chi connectivity index (χ3v) is 4.42. The maximum absolute atomic E-state index is 6.30. The van der Waals surface area contributed by atoms with Gasteiger partial charge in [0.2, 0.25) is 0 Å². The SMILES string of the molecule is Clc1ccc(-c2c(N/N=C\c3ccccn3)csc2Cl)cc1. The molecule has 2 heterocycles. The van der Waals surface area contributed by atoms with Crippen LogP contribution in [0.4, 0.5) is 5.69 Å². The highest BCUT2D eigenvalue weighted by Gasteiger charge is 2.12. The molecule has 0 radical (unpaired) electrons. The molecular weight excluding hydrogens is 337 g/mol. The van der Waals surface area contributed by atoms with E-state index < -0.39 is 0 Å². The minimum Gasteiger partial charge on any atom is -0.277 e. The summed E-state index contributed by atoms with van der Waals surface area (Å²) in [7, 11) is 0. The van der Waals surface area contributed by atoms with Crippen molar-refractivity contribution < 1.29 is 0 Å². The summed E-state index contributed by atoms with van der Waals surface area (Å²) in [5, 5.41) is 6.84. The highest BCUT2D eigenvalue weighted by Crippen LogP contribution is 2.40. The molecule has 0 saturated heterocycles. The zero-order chi connectivity index (χ0) is 15.4. The number of benzene rings is 1. The number of thiophene rings is 1. The molecule has 0 aliphatic rings. The Hall–Kier alpha value is -1.88. The number of aromatic nitrogens is 1. The molecule has 0 spiro atoms. The Kier molecular flexibility index (Phi) is 4.73. The standard InChI is InChI=1S/C16H11Cl2N3S/c17-12-6-4-11(5-7-12)15-14(10-22-16(15)18)21-20-9-13-3-1-2-8-19-13/h1-10,21H/b20-9-. The van der Waals surface area contributed by atoms with Gasteiger partial charge in [-0.3, -0.25) is 10.4 Å².